The number of anilines is 1. The molecule has 1 aromatic heterocycles. The minimum atomic E-state index is -0.429. The van der Waals surface area contributed by atoms with Gasteiger partial charge in [-0.15, -0.1) is 6.26 Å². The smallest absolute Gasteiger partial charge is 0.877 e. The third kappa shape index (κ3) is 2.16. The van der Waals surface area contributed by atoms with E-state index < -0.39 is 5.91 Å². The monoisotopic (exact) mass is 225 g/mol. The van der Waals surface area contributed by atoms with Gasteiger partial charge in [0.1, 0.15) is 0 Å². The van der Waals surface area contributed by atoms with Gasteiger partial charge in [0.25, 0.3) is 5.91 Å². The molecule has 0 aromatic carbocycles. The van der Waals surface area contributed by atoms with E-state index in [0.717, 1.165) is 5.01 Å². The number of pyridine rings is 1. The number of hydrogen-bond acceptors (Lipinski definition) is 4. The summed E-state index contributed by atoms with van der Waals surface area (Å²) in [6, 6.07) is 5.15. The van der Waals surface area contributed by atoms with Gasteiger partial charge in [-0.05, 0) is 19.1 Å². The molecule has 0 N–H and O–H groups in total. The maximum absolute atomic E-state index is 11.7. The largest absolute Gasteiger partial charge is 1.00 e. The van der Waals surface area contributed by atoms with Crippen molar-refractivity contribution >= 4 is 17.4 Å². The first-order valence-corrected chi connectivity index (χ1v) is 4.37. The second-order valence-electron chi connectivity index (χ2n) is 3.02. The molecule has 1 amide bonds. The fourth-order valence-electron chi connectivity index (χ4n) is 1.29. The van der Waals surface area contributed by atoms with Gasteiger partial charge in [0.15, 0.2) is 5.82 Å². The second kappa shape index (κ2) is 5.25. The molecule has 0 atom stereocenters. The number of nitrogens with zero attached hydrogens (tertiary/aromatic N) is 3. The standard InChI is InChI=1S/C10H9N3O2.Na/c1-7-8(6-14)10(15)13(12-7)9-4-2-3-5-11-9;/h2-6,14H,1H3;/q;+1/p-1/b8-6-;. The molecule has 5 nitrogen and oxygen atoms in total. The molecule has 76 valence electrons. The summed E-state index contributed by atoms with van der Waals surface area (Å²) in [6.07, 6.45) is 2.08. The van der Waals surface area contributed by atoms with Crippen molar-refractivity contribution in [3.63, 3.8) is 0 Å². The summed E-state index contributed by atoms with van der Waals surface area (Å²) in [4.78, 5) is 15.6. The van der Waals surface area contributed by atoms with Crippen molar-refractivity contribution in [3.8, 4) is 0 Å². The molecule has 2 heterocycles. The molecule has 0 fully saturated rings. The van der Waals surface area contributed by atoms with E-state index in [4.69, 9.17) is 0 Å². The fourth-order valence-corrected chi connectivity index (χ4v) is 1.29. The zero-order chi connectivity index (χ0) is 10.8. The molecule has 0 aliphatic carbocycles. The average Bonchev–Trinajstić information content (AvgIpc) is 2.55. The maximum Gasteiger partial charge on any atom is 1.00 e. The first-order chi connectivity index (χ1) is 7.24. The van der Waals surface area contributed by atoms with Crippen molar-refractivity contribution in [3.05, 3.63) is 36.2 Å². The first kappa shape index (κ1) is 12.9. The Labute approximate surface area is 115 Å². The summed E-state index contributed by atoms with van der Waals surface area (Å²) in [6.45, 7) is 1.62. The van der Waals surface area contributed by atoms with E-state index in [-0.39, 0.29) is 35.1 Å². The number of aromatic nitrogens is 1. The van der Waals surface area contributed by atoms with Gasteiger partial charge in [-0.2, -0.15) is 10.1 Å². The molecule has 0 saturated heterocycles. The number of rotatable bonds is 1. The topological polar surface area (TPSA) is 68.6 Å². The van der Waals surface area contributed by atoms with Crippen LogP contribution in [0.3, 0.4) is 0 Å². The van der Waals surface area contributed by atoms with E-state index in [0.29, 0.717) is 17.8 Å². The minimum absolute atomic E-state index is 0. The van der Waals surface area contributed by atoms with Crippen LogP contribution in [0.5, 0.6) is 0 Å². The van der Waals surface area contributed by atoms with E-state index in [1.54, 1.807) is 31.3 Å². The van der Waals surface area contributed by atoms with Gasteiger partial charge in [-0.3, -0.25) is 4.79 Å². The molecule has 0 unspecified atom stereocenters. The number of carbonyl (C=O) groups excluding carboxylic acids is 1. The Bertz CT molecular complexity index is 456. The molecule has 0 saturated carbocycles. The van der Waals surface area contributed by atoms with Crippen LogP contribution >= 0.6 is 0 Å². The van der Waals surface area contributed by atoms with Crippen molar-refractivity contribution in [1.29, 1.82) is 0 Å². The molecule has 16 heavy (non-hydrogen) atoms. The average molecular weight is 225 g/mol. The van der Waals surface area contributed by atoms with Crippen LogP contribution in [-0.4, -0.2) is 16.6 Å². The third-order valence-electron chi connectivity index (χ3n) is 2.05. The van der Waals surface area contributed by atoms with Crippen molar-refractivity contribution < 1.29 is 39.5 Å². The molecular weight excluding hydrogens is 217 g/mol. The quantitative estimate of drug-likeness (QED) is 0.291. The normalized spacial score (nSPS) is 17.3. The van der Waals surface area contributed by atoms with Crippen LogP contribution in [0, 0.1) is 0 Å². The van der Waals surface area contributed by atoms with Crippen LogP contribution in [0.4, 0.5) is 5.82 Å². The first-order valence-electron chi connectivity index (χ1n) is 4.37. The van der Waals surface area contributed by atoms with Crippen molar-refractivity contribution in [2.24, 2.45) is 5.10 Å². The third-order valence-corrected chi connectivity index (χ3v) is 2.05. The van der Waals surface area contributed by atoms with Crippen LogP contribution in [0.25, 0.3) is 0 Å². The number of hydrazone groups is 1. The Morgan fingerprint density at radius 2 is 2.19 bits per heavy atom. The Kier molecular flexibility index (Phi) is 4.23. The van der Waals surface area contributed by atoms with Crippen LogP contribution in [0.1, 0.15) is 6.92 Å². The molecule has 1 aliphatic heterocycles. The Morgan fingerprint density at radius 1 is 1.44 bits per heavy atom. The minimum Gasteiger partial charge on any atom is -0.877 e. The van der Waals surface area contributed by atoms with E-state index >= 15 is 0 Å². The van der Waals surface area contributed by atoms with Crippen LogP contribution in [-0.2, 0) is 4.79 Å². The van der Waals surface area contributed by atoms with Gasteiger partial charge in [0, 0.05) is 11.8 Å². The van der Waals surface area contributed by atoms with Gasteiger partial charge in [0.2, 0.25) is 0 Å². The van der Waals surface area contributed by atoms with E-state index in [9.17, 15) is 9.90 Å². The zero-order valence-corrected chi connectivity index (χ0v) is 11.0. The SMILES string of the molecule is CC1=NN(c2ccccn2)C(=O)/C1=C\[O-].[Na+]. The van der Waals surface area contributed by atoms with Crippen molar-refractivity contribution in [2.75, 3.05) is 5.01 Å². The van der Waals surface area contributed by atoms with Gasteiger partial charge in [-0.25, -0.2) is 4.98 Å². The number of amides is 1. The van der Waals surface area contributed by atoms with Crippen LogP contribution in [0.2, 0.25) is 0 Å². The predicted molar refractivity (Wildman–Crippen MR) is 52.9 cm³/mol. The summed E-state index contributed by atoms with van der Waals surface area (Å²) >= 11 is 0. The molecule has 0 bridgehead atoms. The molecule has 0 spiro atoms. The van der Waals surface area contributed by atoms with E-state index in [1.807, 2.05) is 0 Å². The second-order valence-corrected chi connectivity index (χ2v) is 3.02. The van der Waals surface area contributed by atoms with Crippen LogP contribution < -0.4 is 39.7 Å². The van der Waals surface area contributed by atoms with E-state index in [1.165, 1.54) is 0 Å². The summed E-state index contributed by atoms with van der Waals surface area (Å²) in [7, 11) is 0. The summed E-state index contributed by atoms with van der Waals surface area (Å²) < 4.78 is 0. The van der Waals surface area contributed by atoms with Gasteiger partial charge in [0.05, 0.1) is 5.71 Å². The predicted octanol–water partition coefficient (Wildman–Crippen LogP) is -2.95. The Morgan fingerprint density at radius 3 is 2.69 bits per heavy atom. The zero-order valence-electron chi connectivity index (χ0n) is 9.04. The fraction of sp³-hybridized carbons (Fsp3) is 0.100. The van der Waals surface area contributed by atoms with E-state index in [2.05, 4.69) is 10.1 Å². The van der Waals surface area contributed by atoms with Gasteiger partial charge < -0.3 is 5.11 Å². The molecule has 0 radical (unpaired) electrons. The molecule has 1 aliphatic rings. The molecular formula is C10H8N3NaO2. The Hall–Kier alpha value is -1.17. The van der Waals surface area contributed by atoms with Gasteiger partial charge in [-0.1, -0.05) is 6.07 Å². The maximum atomic E-state index is 11.7. The number of carbonyl (C=O) groups is 1. The number of hydrogen-bond donors (Lipinski definition) is 0. The van der Waals surface area contributed by atoms with Crippen molar-refractivity contribution in [1.82, 2.24) is 4.98 Å². The van der Waals surface area contributed by atoms with Crippen LogP contribution in [0.15, 0.2) is 41.3 Å². The summed E-state index contributed by atoms with van der Waals surface area (Å²) in [5.74, 6) is -0.0140. The molecule has 2 rings (SSSR count). The summed E-state index contributed by atoms with van der Waals surface area (Å²) in [5, 5.41) is 15.7. The Balaban J connectivity index is 0.00000128. The molecule has 6 heteroatoms. The summed E-state index contributed by atoms with van der Waals surface area (Å²) in [5.41, 5.74) is 0.501. The van der Waals surface area contributed by atoms with Gasteiger partial charge >= 0.3 is 29.6 Å². The molecule has 1 aromatic rings. The van der Waals surface area contributed by atoms with Crippen molar-refractivity contribution in [2.45, 2.75) is 6.92 Å².